The number of benzene rings is 1. The van der Waals surface area contributed by atoms with Crippen LogP contribution < -0.4 is 9.39 Å². The summed E-state index contributed by atoms with van der Waals surface area (Å²) < 4.78 is 9.78. The summed E-state index contributed by atoms with van der Waals surface area (Å²) in [4.78, 5) is 0. The second-order valence-electron chi connectivity index (χ2n) is 2.65. The van der Waals surface area contributed by atoms with Gasteiger partial charge >= 0.3 is 7.32 Å². The van der Waals surface area contributed by atoms with Gasteiger partial charge in [0, 0.05) is 0 Å². The van der Waals surface area contributed by atoms with Crippen LogP contribution in [0.25, 0.3) is 0 Å². The Labute approximate surface area is 87.7 Å². The first-order valence-corrected chi connectivity index (χ1v) is 4.37. The Balaban J connectivity index is 2.93. The first-order valence-electron chi connectivity index (χ1n) is 4.37. The van der Waals surface area contributed by atoms with Gasteiger partial charge in [-0.1, -0.05) is 0 Å². The number of rotatable bonds is 4. The molecule has 5 nitrogen and oxygen atoms in total. The Morgan fingerprint density at radius 2 is 2.20 bits per heavy atom. The van der Waals surface area contributed by atoms with Crippen molar-refractivity contribution in [3.8, 4) is 17.6 Å². The SMILES string of the molecule is CCOc1ccc(OB(O)O)cc1C#N. The molecule has 0 saturated heterocycles. The third-order valence-corrected chi connectivity index (χ3v) is 1.61. The molecule has 0 unspecified atom stereocenters. The third kappa shape index (κ3) is 3.16. The Morgan fingerprint density at radius 1 is 1.47 bits per heavy atom. The van der Waals surface area contributed by atoms with E-state index in [4.69, 9.17) is 20.0 Å². The molecular formula is C9H10BNO4. The molecule has 0 radical (unpaired) electrons. The lowest BCUT2D eigenvalue weighted by Crippen LogP contribution is -2.20. The van der Waals surface area contributed by atoms with Crippen molar-refractivity contribution in [3.63, 3.8) is 0 Å². The summed E-state index contributed by atoms with van der Waals surface area (Å²) in [5, 5.41) is 25.9. The van der Waals surface area contributed by atoms with Gasteiger partial charge in [-0.05, 0) is 25.1 Å². The van der Waals surface area contributed by atoms with Crippen molar-refractivity contribution in [1.29, 1.82) is 5.26 Å². The zero-order chi connectivity index (χ0) is 11.3. The largest absolute Gasteiger partial charge is 0.707 e. The molecule has 0 aromatic heterocycles. The van der Waals surface area contributed by atoms with Crippen molar-refractivity contribution in [1.82, 2.24) is 0 Å². The van der Waals surface area contributed by atoms with E-state index in [1.807, 2.05) is 13.0 Å². The number of hydrogen-bond acceptors (Lipinski definition) is 5. The van der Waals surface area contributed by atoms with E-state index in [9.17, 15) is 0 Å². The average Bonchev–Trinajstić information content (AvgIpc) is 2.20. The quantitative estimate of drug-likeness (QED) is 0.694. The van der Waals surface area contributed by atoms with Gasteiger partial charge in [-0.15, -0.1) is 0 Å². The highest BCUT2D eigenvalue weighted by molar-refractivity contribution is 6.33. The van der Waals surface area contributed by atoms with Crippen molar-refractivity contribution in [3.05, 3.63) is 23.8 Å². The van der Waals surface area contributed by atoms with Crippen molar-refractivity contribution < 1.29 is 19.4 Å². The van der Waals surface area contributed by atoms with Crippen molar-refractivity contribution in [2.75, 3.05) is 6.61 Å². The molecule has 0 spiro atoms. The molecule has 0 fully saturated rings. The number of hydrogen-bond donors (Lipinski definition) is 2. The predicted octanol–water partition coefficient (Wildman–Crippen LogP) is 0.305. The third-order valence-electron chi connectivity index (χ3n) is 1.61. The van der Waals surface area contributed by atoms with Gasteiger partial charge in [0.1, 0.15) is 17.6 Å². The predicted molar refractivity (Wildman–Crippen MR) is 53.1 cm³/mol. The lowest BCUT2D eigenvalue weighted by Gasteiger charge is -2.08. The smallest absolute Gasteiger partial charge is 0.512 e. The van der Waals surface area contributed by atoms with Crippen LogP contribution in [0.4, 0.5) is 0 Å². The van der Waals surface area contributed by atoms with Crippen LogP contribution in [0.2, 0.25) is 0 Å². The van der Waals surface area contributed by atoms with Crippen LogP contribution in [-0.4, -0.2) is 24.0 Å². The second-order valence-corrected chi connectivity index (χ2v) is 2.65. The summed E-state index contributed by atoms with van der Waals surface area (Å²) in [5.74, 6) is 0.643. The molecule has 0 aliphatic carbocycles. The maximum Gasteiger partial charge on any atom is 0.707 e. The molecule has 0 atom stereocenters. The molecular weight excluding hydrogens is 197 g/mol. The standard InChI is InChI=1S/C9H10BNO4/c1-2-14-9-4-3-8(15-10(12)13)5-7(9)6-11/h3-5,12-13H,2H2,1H3. The number of nitrogens with zero attached hydrogens (tertiary/aromatic N) is 1. The van der Waals surface area contributed by atoms with E-state index in [0.717, 1.165) is 0 Å². The zero-order valence-electron chi connectivity index (χ0n) is 8.17. The van der Waals surface area contributed by atoms with Gasteiger partial charge in [0.25, 0.3) is 0 Å². The minimum atomic E-state index is -1.89. The molecule has 15 heavy (non-hydrogen) atoms. The van der Waals surface area contributed by atoms with Crippen LogP contribution in [0.5, 0.6) is 11.5 Å². The summed E-state index contributed by atoms with van der Waals surface area (Å²) in [5.41, 5.74) is 0.287. The monoisotopic (exact) mass is 207 g/mol. The van der Waals surface area contributed by atoms with E-state index >= 15 is 0 Å². The Hall–Kier alpha value is -1.71. The molecule has 0 bridgehead atoms. The molecule has 0 heterocycles. The highest BCUT2D eigenvalue weighted by Gasteiger charge is 2.12. The van der Waals surface area contributed by atoms with Crippen LogP contribution in [0.15, 0.2) is 18.2 Å². The summed E-state index contributed by atoms with van der Waals surface area (Å²) in [7, 11) is -1.89. The molecule has 1 aromatic carbocycles. The fraction of sp³-hybridized carbons (Fsp3) is 0.222. The average molecular weight is 207 g/mol. The lowest BCUT2D eigenvalue weighted by atomic mass is 10.2. The van der Waals surface area contributed by atoms with Gasteiger partial charge in [0.15, 0.2) is 0 Å². The fourth-order valence-electron chi connectivity index (χ4n) is 1.07. The van der Waals surface area contributed by atoms with Crippen LogP contribution in [0.1, 0.15) is 12.5 Å². The summed E-state index contributed by atoms with van der Waals surface area (Å²) in [6.07, 6.45) is 0. The van der Waals surface area contributed by atoms with E-state index in [0.29, 0.717) is 12.4 Å². The molecule has 0 aliphatic rings. The van der Waals surface area contributed by atoms with Gasteiger partial charge in [-0.2, -0.15) is 5.26 Å². The van der Waals surface area contributed by atoms with E-state index in [1.165, 1.54) is 12.1 Å². The Bertz CT molecular complexity index is 375. The normalized spacial score (nSPS) is 9.20. The topological polar surface area (TPSA) is 82.7 Å². The minimum absolute atomic E-state index is 0.199. The number of nitriles is 1. The lowest BCUT2D eigenvalue weighted by molar-refractivity contribution is 0.287. The molecule has 0 amide bonds. The molecule has 78 valence electrons. The first-order chi connectivity index (χ1) is 7.17. The number of ether oxygens (including phenoxy) is 1. The highest BCUT2D eigenvalue weighted by Crippen LogP contribution is 2.23. The first kappa shape index (κ1) is 11.4. The zero-order valence-corrected chi connectivity index (χ0v) is 8.17. The fourth-order valence-corrected chi connectivity index (χ4v) is 1.07. The van der Waals surface area contributed by atoms with Gasteiger partial charge < -0.3 is 19.4 Å². The molecule has 0 saturated carbocycles. The van der Waals surface area contributed by atoms with Crippen LogP contribution >= 0.6 is 0 Å². The van der Waals surface area contributed by atoms with Gasteiger partial charge in [-0.3, -0.25) is 0 Å². The molecule has 2 N–H and O–H groups in total. The summed E-state index contributed by atoms with van der Waals surface area (Å²) in [6.45, 7) is 2.26. The van der Waals surface area contributed by atoms with Gasteiger partial charge in [-0.25, -0.2) is 0 Å². The van der Waals surface area contributed by atoms with Gasteiger partial charge in [0.2, 0.25) is 0 Å². The van der Waals surface area contributed by atoms with Crippen LogP contribution in [0, 0.1) is 11.3 Å². The van der Waals surface area contributed by atoms with Crippen molar-refractivity contribution in [2.45, 2.75) is 6.92 Å². The van der Waals surface area contributed by atoms with Gasteiger partial charge in [0.05, 0.1) is 12.2 Å². The maximum atomic E-state index is 8.79. The molecule has 0 aliphatic heterocycles. The van der Waals surface area contributed by atoms with E-state index in [2.05, 4.69) is 4.65 Å². The second kappa shape index (κ2) is 5.24. The van der Waals surface area contributed by atoms with Crippen molar-refractivity contribution >= 4 is 7.32 Å². The maximum absolute atomic E-state index is 8.79. The minimum Gasteiger partial charge on any atom is -0.512 e. The Morgan fingerprint density at radius 3 is 2.73 bits per heavy atom. The Kier molecular flexibility index (Phi) is 3.97. The highest BCUT2D eigenvalue weighted by atomic mass is 16.6. The van der Waals surface area contributed by atoms with Crippen molar-refractivity contribution in [2.24, 2.45) is 0 Å². The van der Waals surface area contributed by atoms with E-state index in [1.54, 1.807) is 6.07 Å². The molecule has 6 heteroatoms. The van der Waals surface area contributed by atoms with E-state index < -0.39 is 7.32 Å². The molecule has 1 aromatic rings. The van der Waals surface area contributed by atoms with E-state index in [-0.39, 0.29) is 11.3 Å². The van der Waals surface area contributed by atoms with Crippen LogP contribution in [-0.2, 0) is 0 Å². The molecule has 1 rings (SSSR count). The summed E-state index contributed by atoms with van der Waals surface area (Å²) >= 11 is 0. The summed E-state index contributed by atoms with van der Waals surface area (Å²) in [6, 6.07) is 6.34. The van der Waals surface area contributed by atoms with Crippen LogP contribution in [0.3, 0.4) is 0 Å².